The van der Waals surface area contributed by atoms with Crippen LogP contribution in [0, 0.1) is 6.92 Å². The van der Waals surface area contributed by atoms with Gasteiger partial charge in [0.1, 0.15) is 0 Å². The zero-order valence-electron chi connectivity index (χ0n) is 10.8. The van der Waals surface area contributed by atoms with Gasteiger partial charge in [-0.15, -0.1) is 0 Å². The summed E-state index contributed by atoms with van der Waals surface area (Å²) < 4.78 is 1.95. The van der Waals surface area contributed by atoms with Gasteiger partial charge in [-0.2, -0.15) is 5.10 Å². The van der Waals surface area contributed by atoms with E-state index in [2.05, 4.69) is 29.5 Å². The third-order valence-corrected chi connectivity index (χ3v) is 3.41. The van der Waals surface area contributed by atoms with E-state index in [-0.39, 0.29) is 0 Å². The molecule has 0 aliphatic heterocycles. The highest BCUT2D eigenvalue weighted by Gasteiger charge is 2.11. The Kier molecular flexibility index (Phi) is 4.39. The van der Waals surface area contributed by atoms with Crippen molar-refractivity contribution in [2.75, 3.05) is 0 Å². The molecule has 0 unspecified atom stereocenters. The molecule has 1 aromatic heterocycles. The second-order valence-electron chi connectivity index (χ2n) is 4.25. The molecule has 0 bridgehead atoms. The van der Waals surface area contributed by atoms with E-state index >= 15 is 0 Å². The smallest absolute Gasteiger partial charge is 0.0860 e. The number of aromatic nitrogens is 2. The molecule has 0 aliphatic rings. The molecular weight excluding hydrogens is 246 g/mol. The van der Waals surface area contributed by atoms with Gasteiger partial charge in [-0.1, -0.05) is 41.9 Å². The van der Waals surface area contributed by atoms with Gasteiger partial charge in [0.05, 0.1) is 16.4 Å². The number of halogens is 1. The summed E-state index contributed by atoms with van der Waals surface area (Å²) in [5.74, 6) is 0. The van der Waals surface area contributed by atoms with E-state index in [9.17, 15) is 0 Å². The first-order chi connectivity index (χ1) is 8.72. The first-order valence-electron chi connectivity index (χ1n) is 6.18. The quantitative estimate of drug-likeness (QED) is 0.898. The number of aryl methyl sites for hydroxylation is 2. The molecule has 0 saturated carbocycles. The fourth-order valence-corrected chi connectivity index (χ4v) is 2.16. The lowest BCUT2D eigenvalue weighted by molar-refractivity contribution is 0.579. The van der Waals surface area contributed by atoms with Crippen molar-refractivity contribution in [2.45, 2.75) is 33.5 Å². The van der Waals surface area contributed by atoms with Crippen LogP contribution < -0.4 is 5.32 Å². The van der Waals surface area contributed by atoms with Crippen LogP contribution in [0.4, 0.5) is 0 Å². The SMILES string of the molecule is CCn1nc(C)c(Cl)c1CNCc1ccccc1. The van der Waals surface area contributed by atoms with E-state index in [1.54, 1.807) is 0 Å². The zero-order chi connectivity index (χ0) is 13.0. The summed E-state index contributed by atoms with van der Waals surface area (Å²) in [4.78, 5) is 0. The minimum absolute atomic E-state index is 0.738. The van der Waals surface area contributed by atoms with Gasteiger partial charge in [-0.25, -0.2) is 0 Å². The molecule has 0 fully saturated rings. The third kappa shape index (κ3) is 2.92. The number of hydrogen-bond donors (Lipinski definition) is 1. The van der Waals surface area contributed by atoms with Gasteiger partial charge in [0.15, 0.2) is 0 Å². The largest absolute Gasteiger partial charge is 0.307 e. The first kappa shape index (κ1) is 13.1. The van der Waals surface area contributed by atoms with Gasteiger partial charge in [-0.3, -0.25) is 4.68 Å². The number of benzene rings is 1. The predicted molar refractivity (Wildman–Crippen MR) is 74.6 cm³/mol. The number of nitrogens with zero attached hydrogens (tertiary/aromatic N) is 2. The minimum Gasteiger partial charge on any atom is -0.307 e. The summed E-state index contributed by atoms with van der Waals surface area (Å²) in [6.45, 7) is 6.43. The van der Waals surface area contributed by atoms with Crippen LogP contribution in [0.3, 0.4) is 0 Å². The Balaban J connectivity index is 1.98. The summed E-state index contributed by atoms with van der Waals surface area (Å²) in [6.07, 6.45) is 0. The fourth-order valence-electron chi connectivity index (χ4n) is 1.96. The van der Waals surface area contributed by atoms with Crippen LogP contribution in [-0.2, 0) is 19.6 Å². The lowest BCUT2D eigenvalue weighted by atomic mass is 10.2. The first-order valence-corrected chi connectivity index (χ1v) is 6.56. The molecule has 0 aliphatic carbocycles. The Bertz CT molecular complexity index is 505. The highest BCUT2D eigenvalue weighted by Crippen LogP contribution is 2.20. The van der Waals surface area contributed by atoms with E-state index in [4.69, 9.17) is 11.6 Å². The van der Waals surface area contributed by atoms with Gasteiger partial charge in [-0.05, 0) is 19.4 Å². The van der Waals surface area contributed by atoms with Gasteiger partial charge in [0, 0.05) is 19.6 Å². The Labute approximate surface area is 113 Å². The van der Waals surface area contributed by atoms with Crippen LogP contribution >= 0.6 is 11.6 Å². The Morgan fingerprint density at radius 1 is 1.22 bits per heavy atom. The van der Waals surface area contributed by atoms with E-state index in [1.807, 2.05) is 29.8 Å². The normalized spacial score (nSPS) is 10.8. The number of rotatable bonds is 5. The summed E-state index contributed by atoms with van der Waals surface area (Å²) >= 11 is 6.25. The predicted octanol–water partition coefficient (Wildman–Crippen LogP) is 3.15. The maximum absolute atomic E-state index is 6.25. The van der Waals surface area contributed by atoms with Crippen molar-refractivity contribution in [3.05, 3.63) is 52.3 Å². The third-order valence-electron chi connectivity index (χ3n) is 2.92. The highest BCUT2D eigenvalue weighted by atomic mass is 35.5. The maximum Gasteiger partial charge on any atom is 0.0860 e. The zero-order valence-corrected chi connectivity index (χ0v) is 11.5. The van der Waals surface area contributed by atoms with Crippen LogP contribution in [0.1, 0.15) is 23.9 Å². The number of nitrogens with one attached hydrogen (secondary N) is 1. The molecule has 2 rings (SSSR count). The van der Waals surface area contributed by atoms with Crippen LogP contribution in [0.25, 0.3) is 0 Å². The van der Waals surface area contributed by atoms with E-state index in [0.29, 0.717) is 0 Å². The van der Waals surface area contributed by atoms with Crippen LogP contribution in [0.5, 0.6) is 0 Å². The van der Waals surface area contributed by atoms with Gasteiger partial charge < -0.3 is 5.32 Å². The van der Waals surface area contributed by atoms with Crippen LogP contribution in [0.2, 0.25) is 5.02 Å². The summed E-state index contributed by atoms with van der Waals surface area (Å²) in [6, 6.07) is 10.3. The molecule has 0 spiro atoms. The average molecular weight is 264 g/mol. The molecule has 4 heteroatoms. The Morgan fingerprint density at radius 3 is 2.61 bits per heavy atom. The monoisotopic (exact) mass is 263 g/mol. The lowest BCUT2D eigenvalue weighted by Gasteiger charge is -2.07. The fraction of sp³-hybridized carbons (Fsp3) is 0.357. The van der Waals surface area contributed by atoms with Crippen molar-refractivity contribution in [2.24, 2.45) is 0 Å². The summed E-state index contributed by atoms with van der Waals surface area (Å²) in [5.41, 5.74) is 3.23. The topological polar surface area (TPSA) is 29.9 Å². The molecule has 18 heavy (non-hydrogen) atoms. The molecule has 96 valence electrons. The molecule has 0 saturated heterocycles. The van der Waals surface area contributed by atoms with Crippen LogP contribution in [0.15, 0.2) is 30.3 Å². The molecule has 1 aromatic carbocycles. The Morgan fingerprint density at radius 2 is 1.94 bits per heavy atom. The molecule has 1 N–H and O–H groups in total. The molecule has 0 atom stereocenters. The second-order valence-corrected chi connectivity index (χ2v) is 4.63. The Hall–Kier alpha value is -1.32. The lowest BCUT2D eigenvalue weighted by Crippen LogP contribution is -2.16. The van der Waals surface area contributed by atoms with E-state index < -0.39 is 0 Å². The van der Waals surface area contributed by atoms with Crippen molar-refractivity contribution >= 4 is 11.6 Å². The molecule has 1 heterocycles. The molecule has 2 aromatic rings. The van der Waals surface area contributed by atoms with E-state index in [1.165, 1.54) is 5.56 Å². The molecule has 3 nitrogen and oxygen atoms in total. The van der Waals surface area contributed by atoms with Crippen molar-refractivity contribution in [1.29, 1.82) is 0 Å². The van der Waals surface area contributed by atoms with Gasteiger partial charge in [0.2, 0.25) is 0 Å². The van der Waals surface area contributed by atoms with Gasteiger partial charge >= 0.3 is 0 Å². The average Bonchev–Trinajstić information content (AvgIpc) is 2.67. The van der Waals surface area contributed by atoms with Crippen molar-refractivity contribution in [3.8, 4) is 0 Å². The van der Waals surface area contributed by atoms with Crippen molar-refractivity contribution < 1.29 is 0 Å². The van der Waals surface area contributed by atoms with Crippen LogP contribution in [-0.4, -0.2) is 9.78 Å². The van der Waals surface area contributed by atoms with Crippen molar-refractivity contribution in [3.63, 3.8) is 0 Å². The second kappa shape index (κ2) is 6.03. The highest BCUT2D eigenvalue weighted by molar-refractivity contribution is 6.31. The molecule has 0 amide bonds. The molecular formula is C14H18ClN3. The molecule has 0 radical (unpaired) electrons. The summed E-state index contributed by atoms with van der Waals surface area (Å²) in [7, 11) is 0. The van der Waals surface area contributed by atoms with Gasteiger partial charge in [0.25, 0.3) is 0 Å². The number of hydrogen-bond acceptors (Lipinski definition) is 2. The maximum atomic E-state index is 6.25. The summed E-state index contributed by atoms with van der Waals surface area (Å²) in [5, 5.41) is 8.58. The standard InChI is InChI=1S/C14H18ClN3/c1-3-18-13(14(15)11(2)17-18)10-16-9-12-7-5-4-6-8-12/h4-8,16H,3,9-10H2,1-2H3. The van der Waals surface area contributed by atoms with E-state index in [0.717, 1.165) is 36.0 Å². The minimum atomic E-state index is 0.738. The van der Waals surface area contributed by atoms with Crippen molar-refractivity contribution in [1.82, 2.24) is 15.1 Å².